The predicted octanol–water partition coefficient (Wildman–Crippen LogP) is -6.99. The van der Waals surface area contributed by atoms with E-state index in [2.05, 4.69) is 5.10 Å². The van der Waals surface area contributed by atoms with Crippen LogP contribution in [0.5, 0.6) is 0 Å². The van der Waals surface area contributed by atoms with E-state index in [1.165, 1.54) is 0 Å². The van der Waals surface area contributed by atoms with Crippen molar-refractivity contribution in [3.05, 3.63) is 0 Å². The molecule has 48 valence electrons. The highest BCUT2D eigenvalue weighted by atomic mass is 79.9. The van der Waals surface area contributed by atoms with E-state index >= 15 is 0 Å². The summed E-state index contributed by atoms with van der Waals surface area (Å²) in [5.74, 6) is -0.0351. The Morgan fingerprint density at radius 1 is 1.62 bits per heavy atom. The number of guanidine groups is 1. The van der Waals surface area contributed by atoms with Crippen LogP contribution in [0.3, 0.4) is 0 Å². The average Bonchev–Trinajstić information content (AvgIpc) is 1.61. The third-order valence-electron chi connectivity index (χ3n) is 0.275. The summed E-state index contributed by atoms with van der Waals surface area (Å²) in [5, 5.41) is 2.15. The lowest BCUT2D eigenvalue weighted by Gasteiger charge is -1.79. The summed E-state index contributed by atoms with van der Waals surface area (Å²) in [5.41, 5.74) is 11.7. The molecule has 0 fully saturated rings. The minimum absolute atomic E-state index is 0. The molecule has 0 rings (SSSR count). The van der Waals surface area contributed by atoms with Crippen LogP contribution in [0.1, 0.15) is 0 Å². The summed E-state index contributed by atoms with van der Waals surface area (Å²) >= 11 is 0. The van der Waals surface area contributed by atoms with E-state index in [1.54, 1.807) is 0 Å². The van der Waals surface area contributed by atoms with Crippen molar-refractivity contribution < 1.29 is 26.9 Å². The molecule has 1 amide bonds. The van der Waals surface area contributed by atoms with Crippen LogP contribution in [-0.2, 0) is 4.79 Å². The van der Waals surface area contributed by atoms with Crippen LogP contribution in [0.25, 0.3) is 0 Å². The minimum atomic E-state index is -0.0351. The quantitative estimate of drug-likeness (QED) is 0.148. The fourth-order valence-corrected chi connectivity index (χ4v) is 0.113. The smallest absolute Gasteiger partial charge is 0.360 e. The zero-order valence-electron chi connectivity index (χ0n) is 4.02. The number of amides is 1. The first-order valence-corrected chi connectivity index (χ1v) is 1.60. The molecule has 0 saturated heterocycles. The van der Waals surface area contributed by atoms with Gasteiger partial charge in [0.1, 0.15) is 0 Å². The Balaban J connectivity index is 0. The van der Waals surface area contributed by atoms with E-state index in [1.807, 2.05) is 5.43 Å². The molecule has 0 aromatic carbocycles. The molecule has 0 radical (unpaired) electrons. The van der Waals surface area contributed by atoms with E-state index in [-0.39, 0.29) is 22.9 Å². The van der Waals surface area contributed by atoms with Crippen molar-refractivity contribution in [1.82, 2.24) is 5.43 Å². The average molecular weight is 183 g/mol. The molecule has 5 nitrogen and oxygen atoms in total. The second-order valence-corrected chi connectivity index (χ2v) is 0.843. The van der Waals surface area contributed by atoms with Gasteiger partial charge in [0, 0.05) is 0 Å². The maximum atomic E-state index is 9.41. The van der Waals surface area contributed by atoms with Gasteiger partial charge >= 0.3 is 5.96 Å². The molecule has 0 heterocycles. The normalized spacial score (nSPS) is 6.00. The number of rotatable bonds is 2. The number of nitrogens with two attached hydrogens (primary N) is 2. The Morgan fingerprint density at radius 2 is 2.12 bits per heavy atom. The van der Waals surface area contributed by atoms with Gasteiger partial charge in [-0.05, 0) is 0 Å². The Bertz CT molecular complexity index is 88.0. The molecule has 0 unspecified atom stereocenters. The minimum Gasteiger partial charge on any atom is -1.00 e. The highest BCUT2D eigenvalue weighted by Crippen LogP contribution is 1.05. The van der Waals surface area contributed by atoms with E-state index < -0.39 is 0 Å². The first kappa shape index (κ1) is 10.3. The molecule has 0 aliphatic heterocycles. The van der Waals surface area contributed by atoms with Crippen LogP contribution >= 0.6 is 0 Å². The van der Waals surface area contributed by atoms with Gasteiger partial charge in [-0.1, -0.05) is 0 Å². The topological polar surface area (TPSA) is 95.1 Å². The van der Waals surface area contributed by atoms with Crippen molar-refractivity contribution in [2.24, 2.45) is 11.5 Å². The highest BCUT2D eigenvalue weighted by Gasteiger charge is 1.78. The summed E-state index contributed by atoms with van der Waals surface area (Å²) in [6.45, 7) is 0. The maximum absolute atomic E-state index is 9.41. The van der Waals surface area contributed by atoms with E-state index in [0.717, 1.165) is 0 Å². The van der Waals surface area contributed by atoms with Crippen molar-refractivity contribution in [3.8, 4) is 0 Å². The zero-order chi connectivity index (χ0) is 5.70. The van der Waals surface area contributed by atoms with Gasteiger partial charge in [0.05, 0.1) is 0 Å². The van der Waals surface area contributed by atoms with Crippen molar-refractivity contribution in [1.29, 1.82) is 0 Å². The van der Waals surface area contributed by atoms with Gasteiger partial charge < -0.3 is 17.0 Å². The van der Waals surface area contributed by atoms with Crippen molar-refractivity contribution >= 4 is 12.4 Å². The number of hydrazine groups is 1. The maximum Gasteiger partial charge on any atom is 0.360 e. The highest BCUT2D eigenvalue weighted by molar-refractivity contribution is 5.69. The van der Waals surface area contributed by atoms with E-state index in [9.17, 15) is 4.79 Å². The predicted molar refractivity (Wildman–Crippen MR) is 23.5 cm³/mol. The Morgan fingerprint density at radius 3 is 2.25 bits per heavy atom. The Kier molecular flexibility index (Phi) is 7.97. The van der Waals surface area contributed by atoms with Crippen LogP contribution < -0.4 is 39.0 Å². The largest absolute Gasteiger partial charge is 1.00 e. The van der Waals surface area contributed by atoms with Gasteiger partial charge in [-0.2, -0.15) is 5.10 Å². The first-order chi connectivity index (χ1) is 3.27. The van der Waals surface area contributed by atoms with Crippen LogP contribution in [0.15, 0.2) is 0 Å². The van der Waals surface area contributed by atoms with Crippen LogP contribution in [-0.4, -0.2) is 12.4 Å². The third kappa shape index (κ3) is 8.97. The SMILES string of the molecule is NC(N)=[NH+]NC=O.[Br-]. The second-order valence-electron chi connectivity index (χ2n) is 0.843. The van der Waals surface area contributed by atoms with Gasteiger partial charge in [0.15, 0.2) is 0 Å². The van der Waals surface area contributed by atoms with E-state index in [4.69, 9.17) is 11.5 Å². The van der Waals surface area contributed by atoms with Crippen LogP contribution in [0.4, 0.5) is 0 Å². The monoisotopic (exact) mass is 182 g/mol. The summed E-state index contributed by atoms with van der Waals surface area (Å²) in [7, 11) is 0. The number of carbonyl (C=O) groups is 1. The van der Waals surface area contributed by atoms with Crippen molar-refractivity contribution in [2.75, 3.05) is 0 Å². The second kappa shape index (κ2) is 6.22. The lowest BCUT2D eigenvalue weighted by Crippen LogP contribution is -3.00. The standard InChI is InChI=1S/C2H6N4O.BrH/c3-2(4)6-5-1-7;/h1H,(H,5,7)(H4,3,4,6);1H. The number of hydrazone groups is 1. The van der Waals surface area contributed by atoms with Gasteiger partial charge in [-0.25, -0.2) is 5.43 Å². The van der Waals surface area contributed by atoms with E-state index in [0.29, 0.717) is 6.41 Å². The zero-order valence-corrected chi connectivity index (χ0v) is 5.60. The molecule has 0 aromatic rings. The van der Waals surface area contributed by atoms with Crippen molar-refractivity contribution in [2.45, 2.75) is 0 Å². The lowest BCUT2D eigenvalue weighted by atomic mass is 11.1. The van der Waals surface area contributed by atoms with Gasteiger partial charge in [-0.3, -0.25) is 16.3 Å². The molecular weight excluding hydrogens is 176 g/mol. The molecule has 0 spiro atoms. The summed E-state index contributed by atoms with van der Waals surface area (Å²) < 4.78 is 0. The lowest BCUT2D eigenvalue weighted by molar-refractivity contribution is -0.510. The van der Waals surface area contributed by atoms with Crippen LogP contribution in [0, 0.1) is 0 Å². The molecule has 0 saturated carbocycles. The van der Waals surface area contributed by atoms with Crippen molar-refractivity contribution in [3.63, 3.8) is 0 Å². The molecule has 0 bridgehead atoms. The number of carbonyl (C=O) groups excluding carboxylic acids is 1. The fraction of sp³-hybridized carbons (Fsp3) is 0. The third-order valence-corrected chi connectivity index (χ3v) is 0.275. The number of nitrogens with one attached hydrogen (secondary N) is 2. The summed E-state index contributed by atoms with van der Waals surface area (Å²) in [6, 6.07) is 0. The van der Waals surface area contributed by atoms with Gasteiger partial charge in [0.25, 0.3) is 0 Å². The Hall–Kier alpha value is -0.780. The molecule has 0 atom stereocenters. The molecule has 6 heteroatoms. The molecule has 8 heavy (non-hydrogen) atoms. The molecule has 0 aliphatic rings. The summed E-state index contributed by atoms with van der Waals surface area (Å²) in [6.07, 6.45) is 0.430. The fourth-order valence-electron chi connectivity index (χ4n) is 0.113. The molecule has 0 aliphatic carbocycles. The number of halogens is 1. The number of hydrogen-bond acceptors (Lipinski definition) is 1. The number of hydrogen-bond donors (Lipinski definition) is 4. The Labute approximate surface area is 56.9 Å². The van der Waals surface area contributed by atoms with Crippen LogP contribution in [0.2, 0.25) is 0 Å². The van der Waals surface area contributed by atoms with Gasteiger partial charge in [-0.15, -0.1) is 0 Å². The molecule has 0 aromatic heterocycles. The molecular formula is C2H7BrN4O. The summed E-state index contributed by atoms with van der Waals surface area (Å²) in [4.78, 5) is 9.41. The van der Waals surface area contributed by atoms with Gasteiger partial charge in [0.2, 0.25) is 6.41 Å². The molecule has 6 N–H and O–H groups in total. The first-order valence-electron chi connectivity index (χ1n) is 1.60.